The predicted octanol–water partition coefficient (Wildman–Crippen LogP) is 3.17. The molecule has 27 heavy (non-hydrogen) atoms. The number of carbonyl (C=O) groups is 1. The normalized spacial score (nSPS) is 11.0. The Kier molecular flexibility index (Phi) is 5.49. The molecule has 0 unspecified atom stereocenters. The Labute approximate surface area is 154 Å². The SMILES string of the molecule is CCn1cc(CN(C)C(=O)c2cc(-c3ccc(OC(F)F)cc3)n[nH]2)cn1. The first kappa shape index (κ1) is 18.6. The Bertz CT molecular complexity index is 905. The highest BCUT2D eigenvalue weighted by Crippen LogP contribution is 2.22. The van der Waals surface area contributed by atoms with Crippen molar-refractivity contribution < 1.29 is 18.3 Å². The number of H-pyrrole nitrogens is 1. The van der Waals surface area contributed by atoms with Crippen LogP contribution in [0.2, 0.25) is 0 Å². The average molecular weight is 375 g/mol. The van der Waals surface area contributed by atoms with Crippen molar-refractivity contribution in [2.75, 3.05) is 7.05 Å². The summed E-state index contributed by atoms with van der Waals surface area (Å²) in [5.41, 5.74) is 2.48. The maximum absolute atomic E-state index is 12.6. The number of carbonyl (C=O) groups excluding carboxylic acids is 1. The van der Waals surface area contributed by atoms with Crippen LogP contribution < -0.4 is 4.74 Å². The maximum atomic E-state index is 12.6. The van der Waals surface area contributed by atoms with Crippen molar-refractivity contribution in [1.29, 1.82) is 0 Å². The molecule has 7 nitrogen and oxygen atoms in total. The van der Waals surface area contributed by atoms with Crippen molar-refractivity contribution in [2.24, 2.45) is 0 Å². The zero-order chi connectivity index (χ0) is 19.4. The fourth-order valence-electron chi connectivity index (χ4n) is 2.60. The number of aromatic amines is 1. The van der Waals surface area contributed by atoms with Gasteiger partial charge in [-0.15, -0.1) is 0 Å². The van der Waals surface area contributed by atoms with Crippen LogP contribution >= 0.6 is 0 Å². The Balaban J connectivity index is 1.67. The summed E-state index contributed by atoms with van der Waals surface area (Å²) < 4.78 is 30.5. The van der Waals surface area contributed by atoms with Crippen LogP contribution in [0.25, 0.3) is 11.3 Å². The van der Waals surface area contributed by atoms with Gasteiger partial charge in [0.15, 0.2) is 0 Å². The van der Waals surface area contributed by atoms with Gasteiger partial charge in [0.2, 0.25) is 0 Å². The van der Waals surface area contributed by atoms with E-state index in [2.05, 4.69) is 20.0 Å². The third-order valence-electron chi connectivity index (χ3n) is 3.96. The van der Waals surface area contributed by atoms with Gasteiger partial charge in [0.05, 0.1) is 11.9 Å². The van der Waals surface area contributed by atoms with Crippen LogP contribution in [0, 0.1) is 0 Å². The van der Waals surface area contributed by atoms with Gasteiger partial charge < -0.3 is 9.64 Å². The van der Waals surface area contributed by atoms with Crippen molar-refractivity contribution in [3.8, 4) is 17.0 Å². The van der Waals surface area contributed by atoms with E-state index in [4.69, 9.17) is 0 Å². The van der Waals surface area contributed by atoms with E-state index in [1.54, 1.807) is 41.0 Å². The second-order valence-corrected chi connectivity index (χ2v) is 5.94. The molecular weight excluding hydrogens is 356 g/mol. The Morgan fingerprint density at radius 2 is 2.07 bits per heavy atom. The summed E-state index contributed by atoms with van der Waals surface area (Å²) >= 11 is 0. The molecule has 0 bridgehead atoms. The monoisotopic (exact) mass is 375 g/mol. The largest absolute Gasteiger partial charge is 0.435 e. The van der Waals surface area contributed by atoms with E-state index in [1.165, 1.54) is 12.1 Å². The molecule has 9 heteroatoms. The lowest BCUT2D eigenvalue weighted by atomic mass is 10.1. The molecule has 0 aliphatic rings. The summed E-state index contributed by atoms with van der Waals surface area (Å²) in [5, 5.41) is 11.0. The number of ether oxygens (including phenoxy) is 1. The van der Waals surface area contributed by atoms with Crippen molar-refractivity contribution in [1.82, 2.24) is 24.9 Å². The number of amides is 1. The van der Waals surface area contributed by atoms with Gasteiger partial charge in [-0.2, -0.15) is 19.0 Å². The van der Waals surface area contributed by atoms with Crippen LogP contribution in [0.15, 0.2) is 42.7 Å². The third-order valence-corrected chi connectivity index (χ3v) is 3.96. The van der Waals surface area contributed by atoms with E-state index in [0.717, 1.165) is 12.1 Å². The number of alkyl halides is 2. The first-order valence-corrected chi connectivity index (χ1v) is 8.33. The van der Waals surface area contributed by atoms with E-state index in [9.17, 15) is 13.6 Å². The summed E-state index contributed by atoms with van der Waals surface area (Å²) in [5.74, 6) is -0.149. The first-order chi connectivity index (χ1) is 13.0. The van der Waals surface area contributed by atoms with Crippen molar-refractivity contribution in [3.05, 3.63) is 54.0 Å². The molecule has 142 valence electrons. The first-order valence-electron chi connectivity index (χ1n) is 8.33. The maximum Gasteiger partial charge on any atom is 0.387 e. The molecule has 2 heterocycles. The molecule has 0 radical (unpaired) electrons. The Hall–Kier alpha value is -3.23. The standard InChI is InChI=1S/C18H19F2N5O2/c1-3-25-11-12(9-21-25)10-24(2)17(26)16-8-15(22-23-16)13-4-6-14(7-5-13)27-18(19)20/h4-9,11,18H,3,10H2,1-2H3,(H,22,23). The average Bonchev–Trinajstić information content (AvgIpc) is 3.30. The van der Waals surface area contributed by atoms with Crippen LogP contribution in [0.1, 0.15) is 23.0 Å². The van der Waals surface area contributed by atoms with Gasteiger partial charge in [0, 0.05) is 37.5 Å². The lowest BCUT2D eigenvalue weighted by Crippen LogP contribution is -2.26. The number of benzene rings is 1. The fourth-order valence-corrected chi connectivity index (χ4v) is 2.60. The smallest absolute Gasteiger partial charge is 0.387 e. The molecule has 3 aromatic rings. The molecule has 0 aliphatic carbocycles. The van der Waals surface area contributed by atoms with Crippen LogP contribution in [-0.2, 0) is 13.1 Å². The van der Waals surface area contributed by atoms with Crippen molar-refractivity contribution in [2.45, 2.75) is 26.6 Å². The van der Waals surface area contributed by atoms with Gasteiger partial charge in [-0.05, 0) is 37.3 Å². The summed E-state index contributed by atoms with van der Waals surface area (Å²) in [6.45, 7) is 0.310. The molecule has 0 saturated heterocycles. The molecule has 0 saturated carbocycles. The van der Waals surface area contributed by atoms with Gasteiger partial charge in [-0.25, -0.2) is 0 Å². The molecular formula is C18H19F2N5O2. The number of hydrogen-bond acceptors (Lipinski definition) is 4. The molecule has 0 fully saturated rings. The summed E-state index contributed by atoms with van der Waals surface area (Å²) in [7, 11) is 1.70. The minimum atomic E-state index is -2.87. The summed E-state index contributed by atoms with van der Waals surface area (Å²) in [6, 6.07) is 7.68. The molecule has 1 aromatic carbocycles. The lowest BCUT2D eigenvalue weighted by molar-refractivity contribution is -0.0498. The number of rotatable bonds is 7. The van der Waals surface area contributed by atoms with E-state index in [1.807, 2.05) is 13.1 Å². The fraction of sp³-hybridized carbons (Fsp3) is 0.278. The van der Waals surface area contributed by atoms with Crippen LogP contribution in [-0.4, -0.2) is 44.4 Å². The van der Waals surface area contributed by atoms with Gasteiger partial charge in [0.25, 0.3) is 5.91 Å². The highest BCUT2D eigenvalue weighted by Gasteiger charge is 2.16. The number of hydrogen-bond donors (Lipinski definition) is 1. The van der Waals surface area contributed by atoms with Gasteiger partial charge >= 0.3 is 6.61 Å². The molecule has 0 spiro atoms. The molecule has 2 aromatic heterocycles. The highest BCUT2D eigenvalue weighted by atomic mass is 19.3. The zero-order valence-corrected chi connectivity index (χ0v) is 14.9. The Morgan fingerprint density at radius 3 is 2.70 bits per heavy atom. The van der Waals surface area contributed by atoms with Gasteiger partial charge in [-0.3, -0.25) is 14.6 Å². The second kappa shape index (κ2) is 7.98. The van der Waals surface area contributed by atoms with Gasteiger partial charge in [0.1, 0.15) is 11.4 Å². The predicted molar refractivity (Wildman–Crippen MR) is 94.4 cm³/mol. The van der Waals surface area contributed by atoms with E-state index in [0.29, 0.717) is 23.5 Å². The third kappa shape index (κ3) is 4.49. The van der Waals surface area contributed by atoms with E-state index < -0.39 is 6.61 Å². The molecule has 0 aliphatic heterocycles. The minimum Gasteiger partial charge on any atom is -0.435 e. The number of nitrogens with one attached hydrogen (secondary N) is 1. The van der Waals surface area contributed by atoms with Crippen molar-refractivity contribution in [3.63, 3.8) is 0 Å². The molecule has 3 rings (SSSR count). The van der Waals surface area contributed by atoms with E-state index >= 15 is 0 Å². The molecule has 1 N–H and O–H groups in total. The van der Waals surface area contributed by atoms with Crippen LogP contribution in [0.4, 0.5) is 8.78 Å². The number of halogens is 2. The summed E-state index contributed by atoms with van der Waals surface area (Å²) in [6.07, 6.45) is 3.62. The number of aryl methyl sites for hydroxylation is 1. The van der Waals surface area contributed by atoms with Gasteiger partial charge in [-0.1, -0.05) is 0 Å². The Morgan fingerprint density at radius 1 is 1.33 bits per heavy atom. The molecule has 0 atom stereocenters. The minimum absolute atomic E-state index is 0.0629. The second-order valence-electron chi connectivity index (χ2n) is 5.94. The van der Waals surface area contributed by atoms with Crippen LogP contribution in [0.3, 0.4) is 0 Å². The topological polar surface area (TPSA) is 76.0 Å². The highest BCUT2D eigenvalue weighted by molar-refractivity contribution is 5.93. The van der Waals surface area contributed by atoms with Crippen LogP contribution in [0.5, 0.6) is 5.75 Å². The summed E-state index contributed by atoms with van der Waals surface area (Å²) in [4.78, 5) is 14.1. The number of nitrogens with zero attached hydrogens (tertiary/aromatic N) is 4. The molecule has 1 amide bonds. The van der Waals surface area contributed by atoms with Crippen molar-refractivity contribution >= 4 is 5.91 Å². The van der Waals surface area contributed by atoms with E-state index in [-0.39, 0.29) is 11.7 Å². The quantitative estimate of drug-likeness (QED) is 0.688. The lowest BCUT2D eigenvalue weighted by Gasteiger charge is -2.14. The number of aromatic nitrogens is 4. The zero-order valence-electron chi connectivity index (χ0n) is 14.9.